The summed E-state index contributed by atoms with van der Waals surface area (Å²) in [6.45, 7) is 1.01. The first-order valence-electron chi connectivity index (χ1n) is 6.00. The Kier molecular flexibility index (Phi) is 2.56. The first-order chi connectivity index (χ1) is 7.81. The zero-order valence-electron chi connectivity index (χ0n) is 9.21. The smallest absolute Gasteiger partial charge is 0.123 e. The molecule has 0 amide bonds. The maximum Gasteiger partial charge on any atom is 0.123 e. The van der Waals surface area contributed by atoms with Crippen molar-refractivity contribution in [2.45, 2.75) is 37.8 Å². The third kappa shape index (κ3) is 2.19. The second-order valence-electron chi connectivity index (χ2n) is 4.71. The SMILES string of the molecule is Fc1ccc2c(c1)CC(CCNC1CC1)O2. The van der Waals surface area contributed by atoms with E-state index in [0.29, 0.717) is 0 Å². The van der Waals surface area contributed by atoms with Crippen molar-refractivity contribution in [2.75, 3.05) is 6.54 Å². The van der Waals surface area contributed by atoms with Gasteiger partial charge < -0.3 is 10.1 Å². The Bertz CT molecular complexity index is 390. The van der Waals surface area contributed by atoms with Gasteiger partial charge in [0.2, 0.25) is 0 Å². The molecule has 2 nitrogen and oxygen atoms in total. The Morgan fingerprint density at radius 3 is 3.06 bits per heavy atom. The molecule has 1 saturated carbocycles. The molecule has 1 aromatic carbocycles. The van der Waals surface area contributed by atoms with Crippen LogP contribution in [-0.4, -0.2) is 18.7 Å². The van der Waals surface area contributed by atoms with Crippen LogP contribution in [0.25, 0.3) is 0 Å². The predicted molar refractivity (Wildman–Crippen MR) is 60.2 cm³/mol. The van der Waals surface area contributed by atoms with Crippen LogP contribution in [0.4, 0.5) is 4.39 Å². The lowest BCUT2D eigenvalue weighted by atomic mass is 10.1. The molecule has 0 aromatic heterocycles. The van der Waals surface area contributed by atoms with Crippen LogP contribution in [0.5, 0.6) is 5.75 Å². The van der Waals surface area contributed by atoms with Crippen molar-refractivity contribution in [1.29, 1.82) is 0 Å². The molecule has 1 N–H and O–H groups in total. The maximum absolute atomic E-state index is 13.0. The van der Waals surface area contributed by atoms with Gasteiger partial charge in [0.25, 0.3) is 0 Å². The van der Waals surface area contributed by atoms with E-state index < -0.39 is 0 Å². The summed E-state index contributed by atoms with van der Waals surface area (Å²) in [5.41, 5.74) is 1.01. The summed E-state index contributed by atoms with van der Waals surface area (Å²) >= 11 is 0. The second-order valence-corrected chi connectivity index (χ2v) is 4.71. The van der Waals surface area contributed by atoms with Gasteiger partial charge in [-0.3, -0.25) is 0 Å². The lowest BCUT2D eigenvalue weighted by Gasteiger charge is -2.10. The molecular formula is C13H16FNO. The molecule has 0 radical (unpaired) electrons. The Labute approximate surface area is 94.8 Å². The molecule has 1 heterocycles. The number of ether oxygens (including phenoxy) is 1. The highest BCUT2D eigenvalue weighted by atomic mass is 19.1. The largest absolute Gasteiger partial charge is 0.490 e. The minimum absolute atomic E-state index is 0.167. The van der Waals surface area contributed by atoms with Gasteiger partial charge >= 0.3 is 0 Å². The average Bonchev–Trinajstić information content (AvgIpc) is 2.98. The van der Waals surface area contributed by atoms with Crippen molar-refractivity contribution < 1.29 is 9.13 Å². The Balaban J connectivity index is 1.53. The normalized spacial score (nSPS) is 22.9. The zero-order chi connectivity index (χ0) is 11.0. The van der Waals surface area contributed by atoms with E-state index in [9.17, 15) is 4.39 Å². The molecule has 1 unspecified atom stereocenters. The standard InChI is InChI=1S/C13H16FNO/c14-10-1-4-13-9(7-10)8-12(16-13)5-6-15-11-2-3-11/h1,4,7,11-12,15H,2-3,5-6,8H2. The van der Waals surface area contributed by atoms with Crippen LogP contribution in [0.3, 0.4) is 0 Å². The van der Waals surface area contributed by atoms with Crippen molar-refractivity contribution in [3.63, 3.8) is 0 Å². The van der Waals surface area contributed by atoms with Crippen molar-refractivity contribution in [3.8, 4) is 5.75 Å². The summed E-state index contributed by atoms with van der Waals surface area (Å²) in [6, 6.07) is 5.54. The van der Waals surface area contributed by atoms with E-state index in [4.69, 9.17) is 4.74 Å². The molecule has 1 aliphatic heterocycles. The molecule has 0 saturated heterocycles. The number of hydrogen-bond donors (Lipinski definition) is 1. The van der Waals surface area contributed by atoms with Gasteiger partial charge in [0.15, 0.2) is 0 Å². The van der Waals surface area contributed by atoms with Crippen LogP contribution >= 0.6 is 0 Å². The quantitative estimate of drug-likeness (QED) is 0.842. The van der Waals surface area contributed by atoms with Crippen LogP contribution in [0.15, 0.2) is 18.2 Å². The van der Waals surface area contributed by atoms with Gasteiger partial charge in [0.05, 0.1) is 0 Å². The molecule has 3 heteroatoms. The maximum atomic E-state index is 13.0. The van der Waals surface area contributed by atoms with Crippen LogP contribution in [-0.2, 0) is 6.42 Å². The van der Waals surface area contributed by atoms with Crippen LogP contribution in [0.1, 0.15) is 24.8 Å². The lowest BCUT2D eigenvalue weighted by molar-refractivity contribution is 0.220. The van der Waals surface area contributed by atoms with Crippen molar-refractivity contribution in [3.05, 3.63) is 29.6 Å². The summed E-state index contributed by atoms with van der Waals surface area (Å²) in [5, 5.41) is 3.47. The Hall–Kier alpha value is -1.09. The third-order valence-electron chi connectivity index (χ3n) is 3.24. The van der Waals surface area contributed by atoms with Gasteiger partial charge in [-0.05, 0) is 44.0 Å². The number of nitrogens with one attached hydrogen (secondary N) is 1. The molecule has 3 rings (SSSR count). The van der Waals surface area contributed by atoms with E-state index >= 15 is 0 Å². The molecule has 1 fully saturated rings. The van der Waals surface area contributed by atoms with E-state index in [-0.39, 0.29) is 11.9 Å². The monoisotopic (exact) mass is 221 g/mol. The highest BCUT2D eigenvalue weighted by Crippen LogP contribution is 2.30. The molecule has 16 heavy (non-hydrogen) atoms. The highest BCUT2D eigenvalue weighted by molar-refractivity contribution is 5.37. The topological polar surface area (TPSA) is 21.3 Å². The number of fused-ring (bicyclic) bond motifs is 1. The fraction of sp³-hybridized carbons (Fsp3) is 0.538. The van der Waals surface area contributed by atoms with Gasteiger partial charge in [0, 0.05) is 18.0 Å². The average molecular weight is 221 g/mol. The lowest BCUT2D eigenvalue weighted by Crippen LogP contribution is -2.24. The molecule has 1 aliphatic carbocycles. The molecule has 1 atom stereocenters. The molecule has 2 aliphatic rings. The molecule has 86 valence electrons. The Morgan fingerprint density at radius 1 is 1.38 bits per heavy atom. The summed E-state index contributed by atoms with van der Waals surface area (Å²) in [4.78, 5) is 0. The van der Waals surface area contributed by atoms with Gasteiger partial charge in [-0.1, -0.05) is 0 Å². The van der Waals surface area contributed by atoms with Crippen LogP contribution < -0.4 is 10.1 Å². The van der Waals surface area contributed by atoms with E-state index in [1.54, 1.807) is 12.1 Å². The zero-order valence-corrected chi connectivity index (χ0v) is 9.21. The molecule has 0 spiro atoms. The van der Waals surface area contributed by atoms with Gasteiger partial charge in [-0.2, -0.15) is 0 Å². The van der Waals surface area contributed by atoms with E-state index in [1.807, 2.05) is 0 Å². The first kappa shape index (κ1) is 10.1. The summed E-state index contributed by atoms with van der Waals surface area (Å²) in [5.74, 6) is 0.692. The van der Waals surface area contributed by atoms with Crippen molar-refractivity contribution in [1.82, 2.24) is 5.32 Å². The van der Waals surface area contributed by atoms with Crippen molar-refractivity contribution in [2.24, 2.45) is 0 Å². The van der Waals surface area contributed by atoms with E-state index in [0.717, 1.165) is 36.7 Å². The molecule has 0 bridgehead atoms. The molecular weight excluding hydrogens is 205 g/mol. The molecule has 1 aromatic rings. The first-order valence-corrected chi connectivity index (χ1v) is 6.00. The summed E-state index contributed by atoms with van der Waals surface area (Å²) in [6.07, 6.45) is 4.71. The fourth-order valence-corrected chi connectivity index (χ4v) is 2.19. The second kappa shape index (κ2) is 4.06. The third-order valence-corrected chi connectivity index (χ3v) is 3.24. The summed E-state index contributed by atoms with van der Waals surface area (Å²) in [7, 11) is 0. The van der Waals surface area contributed by atoms with Gasteiger partial charge in [-0.15, -0.1) is 0 Å². The van der Waals surface area contributed by atoms with E-state index in [2.05, 4.69) is 5.32 Å². The number of rotatable bonds is 4. The number of benzene rings is 1. The van der Waals surface area contributed by atoms with E-state index in [1.165, 1.54) is 18.9 Å². The van der Waals surface area contributed by atoms with Gasteiger partial charge in [-0.25, -0.2) is 4.39 Å². The fourth-order valence-electron chi connectivity index (χ4n) is 2.19. The van der Waals surface area contributed by atoms with Crippen LogP contribution in [0, 0.1) is 5.82 Å². The highest BCUT2D eigenvalue weighted by Gasteiger charge is 2.24. The minimum atomic E-state index is -0.167. The predicted octanol–water partition coefficient (Wildman–Crippen LogP) is 2.27. The summed E-state index contributed by atoms with van der Waals surface area (Å²) < 4.78 is 18.7. The van der Waals surface area contributed by atoms with Crippen LogP contribution in [0.2, 0.25) is 0 Å². The Morgan fingerprint density at radius 2 is 2.25 bits per heavy atom. The number of halogens is 1. The minimum Gasteiger partial charge on any atom is -0.490 e. The van der Waals surface area contributed by atoms with Gasteiger partial charge in [0.1, 0.15) is 17.7 Å². The van der Waals surface area contributed by atoms with Crippen molar-refractivity contribution >= 4 is 0 Å². The number of hydrogen-bond acceptors (Lipinski definition) is 2.